The largest absolute Gasteiger partial charge is 0.495 e. The Kier molecular flexibility index (Phi) is 6.03. The van der Waals surface area contributed by atoms with Gasteiger partial charge in [0.05, 0.1) is 18.4 Å². The second kappa shape index (κ2) is 8.83. The lowest BCUT2D eigenvalue weighted by atomic mass is 10.2. The molecule has 0 unspecified atom stereocenters. The highest BCUT2D eigenvalue weighted by Crippen LogP contribution is 2.28. The molecule has 0 saturated carbocycles. The van der Waals surface area contributed by atoms with Gasteiger partial charge in [-0.05, 0) is 48.5 Å². The van der Waals surface area contributed by atoms with Gasteiger partial charge < -0.3 is 20.7 Å². The number of aromatic nitrogens is 1. The Labute approximate surface area is 166 Å². The average Bonchev–Trinajstić information content (AvgIpc) is 2.68. The number of nitrogens with zero attached hydrogens (tertiary/aromatic N) is 1. The van der Waals surface area contributed by atoms with Crippen molar-refractivity contribution in [2.75, 3.05) is 23.1 Å². The lowest BCUT2D eigenvalue weighted by Gasteiger charge is -2.13. The van der Waals surface area contributed by atoms with Crippen LogP contribution in [0.5, 0.6) is 5.75 Å². The molecule has 0 saturated heterocycles. The number of ether oxygens (including phenoxy) is 1. The molecule has 3 aromatic rings. The van der Waals surface area contributed by atoms with Gasteiger partial charge in [-0.3, -0.25) is 9.59 Å². The van der Waals surface area contributed by atoms with E-state index in [2.05, 4.69) is 20.9 Å². The number of amides is 2. The molecule has 0 aliphatic heterocycles. The minimum absolute atomic E-state index is 0.263. The summed E-state index contributed by atoms with van der Waals surface area (Å²) >= 11 is 0. The summed E-state index contributed by atoms with van der Waals surface area (Å²) in [6, 6.07) is 14.0. The first-order chi connectivity index (χ1) is 14.0. The van der Waals surface area contributed by atoms with E-state index in [1.54, 1.807) is 42.5 Å². The Morgan fingerprint density at radius 1 is 1.00 bits per heavy atom. The number of anilines is 4. The van der Waals surface area contributed by atoms with E-state index in [9.17, 15) is 14.0 Å². The number of rotatable bonds is 6. The van der Waals surface area contributed by atoms with Gasteiger partial charge in [0.1, 0.15) is 17.4 Å². The maximum atomic E-state index is 13.4. The highest BCUT2D eigenvalue weighted by atomic mass is 19.1. The molecule has 0 aliphatic carbocycles. The van der Waals surface area contributed by atoms with Crippen LogP contribution in [-0.4, -0.2) is 23.9 Å². The number of carbonyl (C=O) groups excluding carboxylic acids is 2. The van der Waals surface area contributed by atoms with Gasteiger partial charge in [0.25, 0.3) is 5.91 Å². The molecule has 8 heteroatoms. The number of hydrogen-bond acceptors (Lipinski definition) is 5. The molecular formula is C21H19FN4O3. The topological polar surface area (TPSA) is 92.3 Å². The number of pyridine rings is 1. The van der Waals surface area contributed by atoms with Gasteiger partial charge in [-0.15, -0.1) is 0 Å². The Balaban J connectivity index is 1.84. The smallest absolute Gasteiger partial charge is 0.259 e. The third kappa shape index (κ3) is 5.07. The Morgan fingerprint density at radius 3 is 2.55 bits per heavy atom. The number of methoxy groups -OCH3 is 1. The molecule has 3 rings (SSSR count). The molecule has 7 nitrogen and oxygen atoms in total. The van der Waals surface area contributed by atoms with Crippen molar-refractivity contribution in [3.63, 3.8) is 0 Å². The molecule has 3 N–H and O–H groups in total. The first-order valence-corrected chi connectivity index (χ1v) is 8.71. The van der Waals surface area contributed by atoms with Crippen molar-refractivity contribution < 1.29 is 18.7 Å². The second-order valence-electron chi connectivity index (χ2n) is 6.09. The summed E-state index contributed by atoms with van der Waals surface area (Å²) < 4.78 is 18.6. The molecule has 2 amide bonds. The van der Waals surface area contributed by atoms with Crippen molar-refractivity contribution in [2.24, 2.45) is 0 Å². The molecule has 148 valence electrons. The lowest BCUT2D eigenvalue weighted by molar-refractivity contribution is -0.114. The van der Waals surface area contributed by atoms with E-state index in [-0.39, 0.29) is 17.3 Å². The predicted molar refractivity (Wildman–Crippen MR) is 109 cm³/mol. The molecule has 0 fully saturated rings. The maximum absolute atomic E-state index is 13.4. The van der Waals surface area contributed by atoms with Crippen molar-refractivity contribution in [1.82, 2.24) is 4.98 Å². The second-order valence-corrected chi connectivity index (χ2v) is 6.09. The molecule has 0 bridgehead atoms. The Bertz CT molecular complexity index is 1060. The van der Waals surface area contributed by atoms with Crippen LogP contribution in [0.25, 0.3) is 0 Å². The zero-order chi connectivity index (χ0) is 20.8. The van der Waals surface area contributed by atoms with Crippen LogP contribution in [0.3, 0.4) is 0 Å². The number of halogens is 1. The minimum Gasteiger partial charge on any atom is -0.495 e. The van der Waals surface area contributed by atoms with E-state index in [1.165, 1.54) is 32.4 Å². The number of hydrogen-bond donors (Lipinski definition) is 3. The van der Waals surface area contributed by atoms with Crippen LogP contribution >= 0.6 is 0 Å². The number of nitrogens with one attached hydrogen (secondary N) is 3. The minimum atomic E-state index is -0.420. The van der Waals surface area contributed by atoms with Crippen LogP contribution in [0.1, 0.15) is 17.3 Å². The van der Waals surface area contributed by atoms with Gasteiger partial charge >= 0.3 is 0 Å². The first kappa shape index (κ1) is 19.8. The SMILES string of the molecule is COc1ccc(NC(=O)c2cccnc2Nc2cccc(F)c2)cc1NC(C)=O. The maximum Gasteiger partial charge on any atom is 0.259 e. The van der Waals surface area contributed by atoms with Gasteiger partial charge in [0.15, 0.2) is 0 Å². The van der Waals surface area contributed by atoms with Crippen molar-refractivity contribution in [2.45, 2.75) is 6.92 Å². The number of benzene rings is 2. The molecule has 29 heavy (non-hydrogen) atoms. The quantitative estimate of drug-likeness (QED) is 0.583. The molecular weight excluding hydrogens is 375 g/mol. The average molecular weight is 394 g/mol. The van der Waals surface area contributed by atoms with Gasteiger partial charge in [-0.25, -0.2) is 9.37 Å². The molecule has 1 aromatic heterocycles. The third-order valence-corrected chi connectivity index (χ3v) is 3.91. The lowest BCUT2D eigenvalue weighted by Crippen LogP contribution is -2.15. The molecule has 0 aliphatic rings. The van der Waals surface area contributed by atoms with Gasteiger partial charge in [0.2, 0.25) is 5.91 Å². The highest BCUT2D eigenvalue weighted by molar-refractivity contribution is 6.08. The first-order valence-electron chi connectivity index (χ1n) is 8.71. The summed E-state index contributed by atoms with van der Waals surface area (Å²) in [7, 11) is 1.49. The van der Waals surface area contributed by atoms with Crippen LogP contribution in [0, 0.1) is 5.82 Å². The zero-order valence-electron chi connectivity index (χ0n) is 15.8. The molecule has 2 aromatic carbocycles. The van der Waals surface area contributed by atoms with Crippen molar-refractivity contribution in [1.29, 1.82) is 0 Å². The van der Waals surface area contributed by atoms with Gasteiger partial charge in [0, 0.05) is 24.5 Å². The fourth-order valence-corrected chi connectivity index (χ4v) is 2.66. The van der Waals surface area contributed by atoms with E-state index in [4.69, 9.17) is 4.74 Å². The molecule has 0 spiro atoms. The Morgan fingerprint density at radius 2 is 1.83 bits per heavy atom. The summed E-state index contributed by atoms with van der Waals surface area (Å²) in [5.74, 6) is -0.337. The van der Waals surface area contributed by atoms with Crippen molar-refractivity contribution in [3.05, 3.63) is 72.2 Å². The summed E-state index contributed by atoms with van der Waals surface area (Å²) in [6.45, 7) is 1.38. The van der Waals surface area contributed by atoms with Gasteiger partial charge in [-0.1, -0.05) is 6.07 Å². The van der Waals surface area contributed by atoms with Crippen LogP contribution < -0.4 is 20.7 Å². The molecule has 0 radical (unpaired) electrons. The summed E-state index contributed by atoms with van der Waals surface area (Å²) in [6.07, 6.45) is 1.53. The fourth-order valence-electron chi connectivity index (χ4n) is 2.66. The van der Waals surface area contributed by atoms with Gasteiger partial charge in [-0.2, -0.15) is 0 Å². The normalized spacial score (nSPS) is 10.2. The zero-order valence-corrected chi connectivity index (χ0v) is 15.8. The van der Waals surface area contributed by atoms with Crippen molar-refractivity contribution >= 4 is 34.7 Å². The van der Waals surface area contributed by atoms with Crippen LogP contribution in [0.4, 0.5) is 27.3 Å². The van der Waals surface area contributed by atoms with E-state index in [0.29, 0.717) is 22.8 Å². The van der Waals surface area contributed by atoms with Crippen LogP contribution in [-0.2, 0) is 4.79 Å². The summed E-state index contributed by atoms with van der Waals surface area (Å²) in [4.78, 5) is 28.4. The van der Waals surface area contributed by atoms with Crippen LogP contribution in [0.2, 0.25) is 0 Å². The van der Waals surface area contributed by atoms with Crippen molar-refractivity contribution in [3.8, 4) is 5.75 Å². The standard InChI is InChI=1S/C21H19FN4O3/c1-13(27)24-18-12-16(8-9-19(18)29-2)26-21(28)17-7-4-10-23-20(17)25-15-6-3-5-14(22)11-15/h3-12H,1-2H3,(H,23,25)(H,24,27)(H,26,28). The highest BCUT2D eigenvalue weighted by Gasteiger charge is 2.14. The summed E-state index contributed by atoms with van der Waals surface area (Å²) in [5.41, 5.74) is 1.63. The monoisotopic (exact) mass is 394 g/mol. The summed E-state index contributed by atoms with van der Waals surface area (Å²) in [5, 5.41) is 8.36. The molecule has 0 atom stereocenters. The predicted octanol–water partition coefficient (Wildman–Crippen LogP) is 4.18. The third-order valence-electron chi connectivity index (χ3n) is 3.91. The number of carbonyl (C=O) groups is 2. The van der Waals surface area contributed by atoms with E-state index >= 15 is 0 Å². The fraction of sp³-hybridized carbons (Fsp3) is 0.0952. The Hall–Kier alpha value is -3.94. The van der Waals surface area contributed by atoms with E-state index in [0.717, 1.165) is 0 Å². The van der Waals surface area contributed by atoms with E-state index in [1.807, 2.05) is 0 Å². The van der Waals surface area contributed by atoms with E-state index < -0.39 is 11.7 Å². The van der Waals surface area contributed by atoms with Crippen LogP contribution in [0.15, 0.2) is 60.8 Å². The molecule has 1 heterocycles.